The van der Waals surface area contributed by atoms with Gasteiger partial charge in [0.25, 0.3) is 0 Å². The molecule has 0 saturated carbocycles. The van der Waals surface area contributed by atoms with Crippen molar-refractivity contribution in [2.75, 3.05) is 7.11 Å². The number of pyridine rings is 1. The molecule has 0 aromatic carbocycles. The van der Waals surface area contributed by atoms with E-state index in [2.05, 4.69) is 4.98 Å². The summed E-state index contributed by atoms with van der Waals surface area (Å²) in [5.41, 5.74) is 1.56. The van der Waals surface area contributed by atoms with Crippen molar-refractivity contribution in [3.63, 3.8) is 0 Å². The lowest BCUT2D eigenvalue weighted by atomic mass is 10.2. The zero-order valence-electron chi connectivity index (χ0n) is 6.61. The minimum Gasteiger partial charge on any atom is -0.400 e. The number of aliphatic hydroxyl groups is 1. The molecule has 1 aromatic heterocycles. The van der Waals surface area contributed by atoms with Crippen LogP contribution in [0.4, 0.5) is 0 Å². The first-order valence-electron chi connectivity index (χ1n) is 3.15. The number of carbonyl (C=O) groups is 1. The Kier molecular flexibility index (Phi) is 4.94. The van der Waals surface area contributed by atoms with E-state index in [9.17, 15) is 4.79 Å². The van der Waals surface area contributed by atoms with Gasteiger partial charge in [0.15, 0.2) is 0 Å². The molecule has 0 fully saturated rings. The lowest BCUT2D eigenvalue weighted by Crippen LogP contribution is -1.83. The fourth-order valence-electron chi connectivity index (χ4n) is 0.641. The van der Waals surface area contributed by atoms with E-state index in [0.29, 0.717) is 5.56 Å². The van der Waals surface area contributed by atoms with Crippen molar-refractivity contribution in [2.45, 2.75) is 6.92 Å². The van der Waals surface area contributed by atoms with Gasteiger partial charge in [-0.2, -0.15) is 0 Å². The van der Waals surface area contributed by atoms with Crippen LogP contribution in [-0.4, -0.2) is 23.5 Å². The minimum atomic E-state index is 0.683. The summed E-state index contributed by atoms with van der Waals surface area (Å²) in [4.78, 5) is 14.1. The van der Waals surface area contributed by atoms with Gasteiger partial charge in [0.2, 0.25) is 0 Å². The first kappa shape index (κ1) is 9.78. The van der Waals surface area contributed by atoms with Gasteiger partial charge in [0.1, 0.15) is 6.29 Å². The Morgan fingerprint density at radius 1 is 1.55 bits per heavy atom. The second kappa shape index (κ2) is 5.56. The van der Waals surface area contributed by atoms with Crippen molar-refractivity contribution < 1.29 is 9.90 Å². The second-order valence-electron chi connectivity index (χ2n) is 1.85. The molecule has 0 aliphatic heterocycles. The average molecular weight is 153 g/mol. The molecular formula is C8H11NO2. The fourth-order valence-corrected chi connectivity index (χ4v) is 0.641. The molecule has 0 amide bonds. The summed E-state index contributed by atoms with van der Waals surface area (Å²) >= 11 is 0. The molecule has 3 heteroatoms. The third-order valence-electron chi connectivity index (χ3n) is 1.06. The standard InChI is InChI=1S/C7H7NO.CH4O/c1-6-4-7(5-9)2-3-8-6;1-2/h2-5H,1H3;2H,1H3. The lowest BCUT2D eigenvalue weighted by Gasteiger charge is -1.89. The van der Waals surface area contributed by atoms with E-state index in [-0.39, 0.29) is 0 Å². The van der Waals surface area contributed by atoms with Gasteiger partial charge in [-0.3, -0.25) is 9.78 Å². The van der Waals surface area contributed by atoms with Crippen molar-refractivity contribution in [3.05, 3.63) is 29.6 Å². The van der Waals surface area contributed by atoms with E-state index < -0.39 is 0 Å². The number of aldehydes is 1. The maximum Gasteiger partial charge on any atom is 0.150 e. The Labute approximate surface area is 65.7 Å². The predicted molar refractivity (Wildman–Crippen MR) is 42.5 cm³/mol. The van der Waals surface area contributed by atoms with Crippen LogP contribution in [0.2, 0.25) is 0 Å². The number of aromatic nitrogens is 1. The molecule has 0 aliphatic carbocycles. The van der Waals surface area contributed by atoms with Gasteiger partial charge in [-0.05, 0) is 19.1 Å². The van der Waals surface area contributed by atoms with Gasteiger partial charge in [-0.15, -0.1) is 0 Å². The number of rotatable bonds is 1. The maximum atomic E-state index is 10.1. The van der Waals surface area contributed by atoms with Crippen LogP contribution in [0.3, 0.4) is 0 Å². The highest BCUT2D eigenvalue weighted by molar-refractivity contribution is 5.74. The molecule has 0 radical (unpaired) electrons. The van der Waals surface area contributed by atoms with Gasteiger partial charge in [-0.25, -0.2) is 0 Å². The second-order valence-corrected chi connectivity index (χ2v) is 1.85. The monoisotopic (exact) mass is 153 g/mol. The van der Waals surface area contributed by atoms with E-state index in [1.807, 2.05) is 6.92 Å². The molecule has 0 bridgehead atoms. The quantitative estimate of drug-likeness (QED) is 0.607. The van der Waals surface area contributed by atoms with E-state index >= 15 is 0 Å². The van der Waals surface area contributed by atoms with Crippen LogP contribution in [0.15, 0.2) is 18.3 Å². The van der Waals surface area contributed by atoms with Crippen LogP contribution < -0.4 is 0 Å². The molecule has 0 spiro atoms. The third kappa shape index (κ3) is 3.47. The first-order chi connectivity index (χ1) is 5.33. The van der Waals surface area contributed by atoms with Crippen LogP contribution >= 0.6 is 0 Å². The van der Waals surface area contributed by atoms with Gasteiger partial charge < -0.3 is 5.11 Å². The molecular weight excluding hydrogens is 142 g/mol. The normalized spacial score (nSPS) is 7.91. The van der Waals surface area contributed by atoms with Crippen molar-refractivity contribution in [1.29, 1.82) is 0 Å². The first-order valence-corrected chi connectivity index (χ1v) is 3.15. The molecule has 0 saturated heterocycles. The molecule has 3 nitrogen and oxygen atoms in total. The maximum absolute atomic E-state index is 10.1. The molecule has 1 N–H and O–H groups in total. The van der Waals surface area contributed by atoms with E-state index in [1.165, 1.54) is 0 Å². The molecule has 0 aliphatic rings. The Morgan fingerprint density at radius 2 is 2.18 bits per heavy atom. The van der Waals surface area contributed by atoms with Crippen LogP contribution in [0.5, 0.6) is 0 Å². The zero-order chi connectivity index (χ0) is 8.69. The van der Waals surface area contributed by atoms with Crippen LogP contribution in [0.1, 0.15) is 16.1 Å². The number of nitrogens with zero attached hydrogens (tertiary/aromatic N) is 1. The fraction of sp³-hybridized carbons (Fsp3) is 0.250. The Bertz CT molecular complexity index is 223. The average Bonchev–Trinajstić information content (AvgIpc) is 2.08. The summed E-state index contributed by atoms with van der Waals surface area (Å²) in [5.74, 6) is 0. The minimum absolute atomic E-state index is 0.683. The predicted octanol–water partition coefficient (Wildman–Crippen LogP) is 0.811. The number of carbonyl (C=O) groups excluding carboxylic acids is 1. The number of aryl methyl sites for hydroxylation is 1. The van der Waals surface area contributed by atoms with Crippen molar-refractivity contribution in [3.8, 4) is 0 Å². The highest BCUT2D eigenvalue weighted by Crippen LogP contribution is 1.95. The van der Waals surface area contributed by atoms with E-state index in [0.717, 1.165) is 19.1 Å². The van der Waals surface area contributed by atoms with E-state index in [1.54, 1.807) is 18.3 Å². The molecule has 0 atom stereocenters. The van der Waals surface area contributed by atoms with Gasteiger partial charge in [-0.1, -0.05) is 0 Å². The van der Waals surface area contributed by atoms with Crippen molar-refractivity contribution in [1.82, 2.24) is 4.98 Å². The summed E-state index contributed by atoms with van der Waals surface area (Å²) in [7, 11) is 1.00. The van der Waals surface area contributed by atoms with Gasteiger partial charge in [0, 0.05) is 24.6 Å². The molecule has 0 unspecified atom stereocenters. The zero-order valence-corrected chi connectivity index (χ0v) is 6.61. The topological polar surface area (TPSA) is 50.2 Å². The van der Waals surface area contributed by atoms with Crippen molar-refractivity contribution in [2.24, 2.45) is 0 Å². The van der Waals surface area contributed by atoms with Crippen LogP contribution in [0, 0.1) is 6.92 Å². The number of hydrogen-bond donors (Lipinski definition) is 1. The highest BCUT2D eigenvalue weighted by Gasteiger charge is 1.87. The van der Waals surface area contributed by atoms with Gasteiger partial charge >= 0.3 is 0 Å². The third-order valence-corrected chi connectivity index (χ3v) is 1.06. The van der Waals surface area contributed by atoms with Crippen LogP contribution in [0.25, 0.3) is 0 Å². The Hall–Kier alpha value is -1.22. The Balaban J connectivity index is 0.000000461. The molecule has 11 heavy (non-hydrogen) atoms. The number of hydrogen-bond acceptors (Lipinski definition) is 3. The largest absolute Gasteiger partial charge is 0.400 e. The molecule has 60 valence electrons. The lowest BCUT2D eigenvalue weighted by molar-refractivity contribution is 0.112. The summed E-state index contributed by atoms with van der Waals surface area (Å²) in [5, 5.41) is 7.00. The summed E-state index contributed by atoms with van der Waals surface area (Å²) in [6, 6.07) is 3.42. The van der Waals surface area contributed by atoms with Crippen molar-refractivity contribution >= 4 is 6.29 Å². The molecule has 1 heterocycles. The van der Waals surface area contributed by atoms with Crippen LogP contribution in [-0.2, 0) is 0 Å². The Morgan fingerprint density at radius 3 is 2.55 bits per heavy atom. The molecule has 1 rings (SSSR count). The summed E-state index contributed by atoms with van der Waals surface area (Å²) in [6.45, 7) is 1.85. The van der Waals surface area contributed by atoms with Gasteiger partial charge in [0.05, 0.1) is 0 Å². The van der Waals surface area contributed by atoms with E-state index in [4.69, 9.17) is 5.11 Å². The summed E-state index contributed by atoms with van der Waals surface area (Å²) in [6.07, 6.45) is 2.44. The molecule has 1 aromatic rings. The number of aliphatic hydroxyl groups excluding tert-OH is 1. The SMILES string of the molecule is CO.Cc1cc(C=O)ccn1. The highest BCUT2D eigenvalue weighted by atomic mass is 16.2. The summed E-state index contributed by atoms with van der Waals surface area (Å²) < 4.78 is 0. The smallest absolute Gasteiger partial charge is 0.150 e.